The summed E-state index contributed by atoms with van der Waals surface area (Å²) in [5.41, 5.74) is 12.6. The Balaban J connectivity index is 1.66. The summed E-state index contributed by atoms with van der Waals surface area (Å²) in [7, 11) is 0. The number of nitrogens with zero attached hydrogens (tertiary/aromatic N) is 2. The van der Waals surface area contributed by atoms with E-state index >= 15 is 0 Å². The summed E-state index contributed by atoms with van der Waals surface area (Å²) in [5.74, 6) is 0.121. The molecule has 2 unspecified atom stereocenters. The van der Waals surface area contributed by atoms with Crippen LogP contribution in [0.3, 0.4) is 0 Å². The normalized spacial score (nSPS) is 22.4. The average Bonchev–Trinajstić information content (AvgIpc) is 3.21. The molecule has 2 atom stereocenters. The van der Waals surface area contributed by atoms with E-state index in [2.05, 4.69) is 45.6 Å². The van der Waals surface area contributed by atoms with Gasteiger partial charge in [-0.05, 0) is 48.1 Å². The van der Waals surface area contributed by atoms with Gasteiger partial charge in [0.2, 0.25) is 5.91 Å². The van der Waals surface area contributed by atoms with Crippen molar-refractivity contribution in [3.8, 4) is 0 Å². The lowest BCUT2D eigenvalue weighted by atomic mass is 9.86. The first kappa shape index (κ1) is 16.2. The molecule has 0 saturated carbocycles. The van der Waals surface area contributed by atoms with E-state index in [-0.39, 0.29) is 18.0 Å². The Kier molecular flexibility index (Phi) is 4.74. The molecule has 0 bridgehead atoms. The van der Waals surface area contributed by atoms with Crippen LogP contribution in [0.2, 0.25) is 0 Å². The molecule has 0 radical (unpaired) electrons. The van der Waals surface area contributed by atoms with Crippen LogP contribution < -0.4 is 16.4 Å². The van der Waals surface area contributed by atoms with Gasteiger partial charge < -0.3 is 4.90 Å². The maximum Gasteiger partial charge on any atom is 0.243 e. The van der Waals surface area contributed by atoms with E-state index in [0.717, 1.165) is 24.8 Å². The summed E-state index contributed by atoms with van der Waals surface area (Å²) in [5, 5.41) is 0. The zero-order chi connectivity index (χ0) is 17.1. The molecule has 25 heavy (non-hydrogen) atoms. The number of hydrogen-bond acceptors (Lipinski definition) is 5. The topological polar surface area (TPSA) is 69.3 Å². The fourth-order valence-electron chi connectivity index (χ4n) is 3.77. The number of hydrogen-bond donors (Lipinski definition) is 3. The van der Waals surface area contributed by atoms with E-state index < -0.39 is 0 Å². The molecular weight excluding hydrogens is 314 g/mol. The summed E-state index contributed by atoms with van der Waals surface area (Å²) in [6, 6.07) is 12.3. The number of pyridine rings is 1. The van der Waals surface area contributed by atoms with Crippen LogP contribution in [0.1, 0.15) is 35.6 Å². The number of amides is 1. The highest BCUT2D eigenvalue weighted by molar-refractivity contribution is 5.83. The molecule has 2 aliphatic rings. The van der Waals surface area contributed by atoms with Crippen LogP contribution >= 0.6 is 0 Å². The molecule has 1 amide bonds. The number of nitrogens with one attached hydrogen (secondary N) is 3. The van der Waals surface area contributed by atoms with Gasteiger partial charge in [0.05, 0.1) is 6.04 Å². The number of fused-ring (bicyclic) bond motifs is 1. The number of aryl methyl sites for hydroxylation is 1. The van der Waals surface area contributed by atoms with Gasteiger partial charge in [0.1, 0.15) is 6.04 Å². The quantitative estimate of drug-likeness (QED) is 0.788. The first-order valence-corrected chi connectivity index (χ1v) is 8.83. The number of carbonyl (C=O) groups excluding carboxylic acids is 1. The first-order valence-electron chi connectivity index (χ1n) is 8.83. The third-order valence-electron chi connectivity index (χ3n) is 5.04. The van der Waals surface area contributed by atoms with Gasteiger partial charge in [0.15, 0.2) is 0 Å². The molecule has 2 heterocycles. The Hall–Kier alpha value is -2.28. The van der Waals surface area contributed by atoms with E-state index in [1.165, 1.54) is 11.1 Å². The predicted octanol–water partition coefficient (Wildman–Crippen LogP) is 1.47. The van der Waals surface area contributed by atoms with Gasteiger partial charge in [-0.1, -0.05) is 24.3 Å². The van der Waals surface area contributed by atoms with Crippen LogP contribution in [0.15, 0.2) is 48.8 Å². The van der Waals surface area contributed by atoms with Gasteiger partial charge in [0.25, 0.3) is 0 Å². The van der Waals surface area contributed by atoms with Crippen LogP contribution in [0.5, 0.6) is 0 Å². The Labute approximate surface area is 147 Å². The van der Waals surface area contributed by atoms with Crippen molar-refractivity contribution < 1.29 is 4.79 Å². The molecule has 3 N–H and O–H groups in total. The molecule has 1 fully saturated rings. The number of hydrazine groups is 2. The van der Waals surface area contributed by atoms with E-state index in [0.29, 0.717) is 13.1 Å². The Morgan fingerprint density at radius 3 is 2.84 bits per heavy atom. The second-order valence-corrected chi connectivity index (χ2v) is 6.63. The van der Waals surface area contributed by atoms with Crippen molar-refractivity contribution in [2.45, 2.75) is 37.9 Å². The maximum atomic E-state index is 13.2. The SMILES string of the molecule is O=C(C1CNNN1)N(Cc1ccncc1)C1CCCc2ccccc21. The molecule has 0 spiro atoms. The summed E-state index contributed by atoms with van der Waals surface area (Å²) < 4.78 is 0. The molecule has 1 aromatic heterocycles. The number of benzene rings is 1. The van der Waals surface area contributed by atoms with Gasteiger partial charge in [-0.25, -0.2) is 10.9 Å². The maximum absolute atomic E-state index is 13.2. The minimum atomic E-state index is -0.254. The summed E-state index contributed by atoms with van der Waals surface area (Å²) in [4.78, 5) is 19.3. The third-order valence-corrected chi connectivity index (χ3v) is 5.04. The predicted molar refractivity (Wildman–Crippen MR) is 95.0 cm³/mol. The van der Waals surface area contributed by atoms with Crippen molar-refractivity contribution >= 4 is 5.91 Å². The molecule has 6 heteroatoms. The summed E-state index contributed by atoms with van der Waals surface area (Å²) in [6.45, 7) is 1.18. The highest BCUT2D eigenvalue weighted by Crippen LogP contribution is 2.35. The molecule has 130 valence electrons. The third kappa shape index (κ3) is 3.42. The monoisotopic (exact) mass is 337 g/mol. The summed E-state index contributed by atoms with van der Waals surface area (Å²) in [6.07, 6.45) is 6.76. The molecule has 2 aromatic rings. The smallest absolute Gasteiger partial charge is 0.243 e. The van der Waals surface area contributed by atoms with Crippen LogP contribution in [0, 0.1) is 0 Å². The van der Waals surface area contributed by atoms with E-state index in [9.17, 15) is 4.79 Å². The van der Waals surface area contributed by atoms with E-state index in [1.54, 1.807) is 12.4 Å². The Morgan fingerprint density at radius 1 is 1.20 bits per heavy atom. The van der Waals surface area contributed by atoms with Gasteiger partial charge in [-0.2, -0.15) is 5.53 Å². The lowest BCUT2D eigenvalue weighted by Crippen LogP contribution is -2.48. The summed E-state index contributed by atoms with van der Waals surface area (Å²) >= 11 is 0. The number of aromatic nitrogens is 1. The molecule has 1 aliphatic carbocycles. The molecule has 4 rings (SSSR count). The van der Waals surface area contributed by atoms with Crippen molar-refractivity contribution in [1.29, 1.82) is 0 Å². The van der Waals surface area contributed by atoms with Crippen molar-refractivity contribution in [3.63, 3.8) is 0 Å². The lowest BCUT2D eigenvalue weighted by molar-refractivity contribution is -0.136. The minimum Gasteiger partial charge on any atom is -0.330 e. The lowest BCUT2D eigenvalue weighted by Gasteiger charge is -2.37. The largest absolute Gasteiger partial charge is 0.330 e. The number of carbonyl (C=O) groups is 1. The van der Waals surface area contributed by atoms with Crippen LogP contribution in [0.25, 0.3) is 0 Å². The zero-order valence-electron chi connectivity index (χ0n) is 14.1. The Bertz CT molecular complexity index is 730. The molecular formula is C19H23N5O. The second-order valence-electron chi connectivity index (χ2n) is 6.63. The van der Waals surface area contributed by atoms with Crippen LogP contribution in [-0.4, -0.2) is 28.4 Å². The second kappa shape index (κ2) is 7.31. The van der Waals surface area contributed by atoms with Crippen molar-refractivity contribution in [1.82, 2.24) is 26.3 Å². The van der Waals surface area contributed by atoms with Crippen LogP contribution in [0.4, 0.5) is 0 Å². The standard InChI is InChI=1S/C19H23N5O/c25-19(17-12-21-23-22-17)24(13-14-8-10-20-11-9-14)18-7-3-5-15-4-1-2-6-16(15)18/h1-2,4,6,8-11,17-18,21-23H,3,5,7,12-13H2. The fraction of sp³-hybridized carbons (Fsp3) is 0.368. The Morgan fingerprint density at radius 2 is 2.04 bits per heavy atom. The van der Waals surface area contributed by atoms with Crippen molar-refractivity contribution in [2.24, 2.45) is 0 Å². The average molecular weight is 337 g/mol. The zero-order valence-corrected chi connectivity index (χ0v) is 14.1. The minimum absolute atomic E-state index is 0.119. The number of rotatable bonds is 4. The van der Waals surface area contributed by atoms with Gasteiger partial charge in [-0.15, -0.1) is 0 Å². The van der Waals surface area contributed by atoms with Gasteiger partial charge >= 0.3 is 0 Å². The van der Waals surface area contributed by atoms with Gasteiger partial charge in [-0.3, -0.25) is 9.78 Å². The van der Waals surface area contributed by atoms with E-state index in [4.69, 9.17) is 0 Å². The molecule has 1 aromatic carbocycles. The van der Waals surface area contributed by atoms with Crippen molar-refractivity contribution in [3.05, 3.63) is 65.5 Å². The molecule has 6 nitrogen and oxygen atoms in total. The van der Waals surface area contributed by atoms with Crippen LogP contribution in [-0.2, 0) is 17.8 Å². The highest BCUT2D eigenvalue weighted by Gasteiger charge is 2.34. The highest BCUT2D eigenvalue weighted by atomic mass is 16.2. The molecule has 1 aliphatic heterocycles. The van der Waals surface area contributed by atoms with E-state index in [1.807, 2.05) is 17.0 Å². The first-order chi connectivity index (χ1) is 12.3. The fourth-order valence-corrected chi connectivity index (χ4v) is 3.77. The van der Waals surface area contributed by atoms with Crippen molar-refractivity contribution in [2.75, 3.05) is 6.54 Å². The molecule has 1 saturated heterocycles. The van der Waals surface area contributed by atoms with Gasteiger partial charge in [0, 0.05) is 25.5 Å².